The minimum Gasteiger partial charge on any atom is -0.497 e. The van der Waals surface area contributed by atoms with Gasteiger partial charge in [-0.3, -0.25) is 20.4 Å². The molecule has 0 saturated heterocycles. The van der Waals surface area contributed by atoms with Crippen LogP contribution in [-0.4, -0.2) is 33.4 Å². The standard InChI is InChI=1S/C23H21Cl2N3O5S/c1-33-17-9-7-15(8-10-17)13-21(23(30)27-26-22(29)16-5-3-2-4-6-16)28-34(31,32)18-11-12-19(24)20(25)14-18/h2-12,14,21,28H,13H2,1H3,(H,26,29)(H,27,30). The van der Waals surface area contributed by atoms with E-state index in [4.69, 9.17) is 27.9 Å². The highest BCUT2D eigenvalue weighted by molar-refractivity contribution is 7.89. The Morgan fingerprint density at radius 3 is 2.21 bits per heavy atom. The number of methoxy groups -OCH3 is 1. The van der Waals surface area contributed by atoms with Crippen molar-refractivity contribution in [3.05, 3.63) is 94.0 Å². The molecule has 0 spiro atoms. The lowest BCUT2D eigenvalue weighted by Crippen LogP contribution is -2.53. The van der Waals surface area contributed by atoms with Crippen molar-refractivity contribution < 1.29 is 22.7 Å². The first kappa shape index (κ1) is 25.5. The summed E-state index contributed by atoms with van der Waals surface area (Å²) in [5.41, 5.74) is 5.56. The number of halogens is 2. The first-order valence-corrected chi connectivity index (χ1v) is 12.2. The number of carbonyl (C=O) groups excluding carboxylic acids is 2. The zero-order valence-electron chi connectivity index (χ0n) is 17.9. The van der Waals surface area contributed by atoms with Crippen LogP contribution in [0, 0.1) is 0 Å². The van der Waals surface area contributed by atoms with Gasteiger partial charge in [0.1, 0.15) is 11.8 Å². The van der Waals surface area contributed by atoms with Gasteiger partial charge in [0.2, 0.25) is 10.0 Å². The number of amides is 2. The number of hydrogen-bond acceptors (Lipinski definition) is 5. The minimum atomic E-state index is -4.16. The molecule has 0 aliphatic rings. The molecule has 34 heavy (non-hydrogen) atoms. The third-order valence-corrected chi connectivity index (χ3v) is 6.96. The van der Waals surface area contributed by atoms with Crippen molar-refractivity contribution in [1.82, 2.24) is 15.6 Å². The first-order valence-electron chi connectivity index (χ1n) is 9.95. The fourth-order valence-corrected chi connectivity index (χ4v) is 4.54. The van der Waals surface area contributed by atoms with E-state index in [1.807, 2.05) is 0 Å². The van der Waals surface area contributed by atoms with E-state index < -0.39 is 27.9 Å². The molecule has 8 nitrogen and oxygen atoms in total. The molecule has 0 bridgehead atoms. The molecule has 1 atom stereocenters. The van der Waals surface area contributed by atoms with Gasteiger partial charge in [-0.1, -0.05) is 53.5 Å². The van der Waals surface area contributed by atoms with Crippen molar-refractivity contribution in [2.75, 3.05) is 7.11 Å². The number of hydrazine groups is 1. The molecule has 3 rings (SSSR count). The minimum absolute atomic E-state index is 0.00239. The second-order valence-electron chi connectivity index (χ2n) is 7.11. The van der Waals surface area contributed by atoms with Crippen molar-refractivity contribution >= 4 is 45.0 Å². The van der Waals surface area contributed by atoms with Gasteiger partial charge in [-0.25, -0.2) is 8.42 Å². The average molecular weight is 522 g/mol. The molecular weight excluding hydrogens is 501 g/mol. The molecule has 3 aromatic rings. The molecule has 0 radical (unpaired) electrons. The van der Waals surface area contributed by atoms with Crippen LogP contribution in [0.3, 0.4) is 0 Å². The fraction of sp³-hybridized carbons (Fsp3) is 0.130. The van der Waals surface area contributed by atoms with E-state index >= 15 is 0 Å². The Morgan fingerprint density at radius 1 is 0.912 bits per heavy atom. The number of nitrogens with one attached hydrogen (secondary N) is 3. The molecule has 0 aromatic heterocycles. The predicted octanol–water partition coefficient (Wildman–Crippen LogP) is 3.35. The second-order valence-corrected chi connectivity index (χ2v) is 9.64. The van der Waals surface area contributed by atoms with Crippen LogP contribution in [0.25, 0.3) is 0 Å². The number of hydrogen-bond donors (Lipinski definition) is 3. The molecule has 0 heterocycles. The normalized spacial score (nSPS) is 12.0. The zero-order chi connectivity index (χ0) is 24.7. The average Bonchev–Trinajstić information content (AvgIpc) is 2.84. The lowest BCUT2D eigenvalue weighted by Gasteiger charge is -2.19. The van der Waals surface area contributed by atoms with Crippen LogP contribution in [0.2, 0.25) is 10.0 Å². The van der Waals surface area contributed by atoms with E-state index in [1.54, 1.807) is 54.6 Å². The lowest BCUT2D eigenvalue weighted by atomic mass is 10.1. The van der Waals surface area contributed by atoms with Gasteiger partial charge in [-0.2, -0.15) is 4.72 Å². The second kappa shape index (κ2) is 11.3. The fourth-order valence-electron chi connectivity index (χ4n) is 2.95. The Labute approximate surface area is 207 Å². The molecule has 3 aromatic carbocycles. The quantitative estimate of drug-likeness (QED) is 0.393. The van der Waals surface area contributed by atoms with Crippen molar-refractivity contribution in [3.63, 3.8) is 0 Å². The SMILES string of the molecule is COc1ccc(CC(NS(=O)(=O)c2ccc(Cl)c(Cl)c2)C(=O)NNC(=O)c2ccccc2)cc1. The topological polar surface area (TPSA) is 114 Å². The maximum atomic E-state index is 13.0. The van der Waals surface area contributed by atoms with Crippen LogP contribution in [0.15, 0.2) is 77.7 Å². The van der Waals surface area contributed by atoms with Crippen molar-refractivity contribution in [1.29, 1.82) is 0 Å². The molecule has 0 fully saturated rings. The largest absolute Gasteiger partial charge is 0.497 e. The van der Waals surface area contributed by atoms with Gasteiger partial charge in [0, 0.05) is 5.56 Å². The monoisotopic (exact) mass is 521 g/mol. The van der Waals surface area contributed by atoms with Gasteiger partial charge < -0.3 is 4.74 Å². The Bertz CT molecular complexity index is 1270. The molecule has 178 valence electrons. The highest BCUT2D eigenvalue weighted by Crippen LogP contribution is 2.25. The van der Waals surface area contributed by atoms with E-state index in [0.29, 0.717) is 16.9 Å². The van der Waals surface area contributed by atoms with Gasteiger partial charge in [0.15, 0.2) is 0 Å². The van der Waals surface area contributed by atoms with Crippen molar-refractivity contribution in [3.8, 4) is 5.75 Å². The smallest absolute Gasteiger partial charge is 0.269 e. The van der Waals surface area contributed by atoms with E-state index in [0.717, 1.165) is 0 Å². The van der Waals surface area contributed by atoms with Gasteiger partial charge in [-0.15, -0.1) is 0 Å². The van der Waals surface area contributed by atoms with Gasteiger partial charge in [-0.05, 0) is 54.4 Å². The molecule has 0 saturated carbocycles. The Hall–Kier alpha value is -3.11. The highest BCUT2D eigenvalue weighted by Gasteiger charge is 2.27. The predicted molar refractivity (Wildman–Crippen MR) is 129 cm³/mol. The number of benzene rings is 3. The summed E-state index contributed by atoms with van der Waals surface area (Å²) >= 11 is 11.8. The number of carbonyl (C=O) groups is 2. The molecular formula is C23H21Cl2N3O5S. The summed E-state index contributed by atoms with van der Waals surface area (Å²) in [6.07, 6.45) is -0.00239. The van der Waals surface area contributed by atoms with E-state index in [9.17, 15) is 18.0 Å². The molecule has 0 aliphatic heterocycles. The van der Waals surface area contributed by atoms with Crippen LogP contribution >= 0.6 is 23.2 Å². The summed E-state index contributed by atoms with van der Waals surface area (Å²) < 4.78 is 33.4. The Kier molecular flexibility index (Phi) is 8.51. The lowest BCUT2D eigenvalue weighted by molar-refractivity contribution is -0.123. The van der Waals surface area contributed by atoms with Crippen LogP contribution in [-0.2, 0) is 21.2 Å². The summed E-state index contributed by atoms with van der Waals surface area (Å²) in [5.74, 6) is -0.704. The van der Waals surface area contributed by atoms with E-state index in [1.165, 1.54) is 25.3 Å². The summed E-state index contributed by atoms with van der Waals surface area (Å²) in [6, 6.07) is 17.6. The van der Waals surface area contributed by atoms with Gasteiger partial charge in [0.25, 0.3) is 11.8 Å². The number of ether oxygens (including phenoxy) is 1. The van der Waals surface area contributed by atoms with Crippen LogP contribution in [0.4, 0.5) is 0 Å². The third-order valence-electron chi connectivity index (χ3n) is 4.75. The van der Waals surface area contributed by atoms with Crippen molar-refractivity contribution in [2.24, 2.45) is 0 Å². The summed E-state index contributed by atoms with van der Waals surface area (Å²) in [7, 11) is -2.64. The summed E-state index contributed by atoms with van der Waals surface area (Å²) in [6.45, 7) is 0. The highest BCUT2D eigenvalue weighted by atomic mass is 35.5. The molecule has 2 amide bonds. The van der Waals surface area contributed by atoms with Crippen LogP contribution < -0.4 is 20.3 Å². The summed E-state index contributed by atoms with van der Waals surface area (Å²) in [4.78, 5) is 25.0. The van der Waals surface area contributed by atoms with Gasteiger partial charge >= 0.3 is 0 Å². The Morgan fingerprint density at radius 2 is 1.59 bits per heavy atom. The molecule has 11 heteroatoms. The van der Waals surface area contributed by atoms with E-state index in [2.05, 4.69) is 15.6 Å². The Balaban J connectivity index is 1.80. The van der Waals surface area contributed by atoms with E-state index in [-0.39, 0.29) is 21.4 Å². The number of rotatable bonds is 8. The zero-order valence-corrected chi connectivity index (χ0v) is 20.2. The summed E-state index contributed by atoms with van der Waals surface area (Å²) in [5, 5.41) is 0.243. The van der Waals surface area contributed by atoms with Crippen LogP contribution in [0.5, 0.6) is 5.75 Å². The molecule has 0 aliphatic carbocycles. The first-order chi connectivity index (χ1) is 16.2. The number of sulfonamides is 1. The van der Waals surface area contributed by atoms with Crippen LogP contribution in [0.1, 0.15) is 15.9 Å². The van der Waals surface area contributed by atoms with Gasteiger partial charge in [0.05, 0.1) is 22.1 Å². The molecule has 3 N–H and O–H groups in total. The van der Waals surface area contributed by atoms with Crippen molar-refractivity contribution in [2.45, 2.75) is 17.4 Å². The maximum Gasteiger partial charge on any atom is 0.269 e. The third kappa shape index (κ3) is 6.71. The molecule has 1 unspecified atom stereocenters. The maximum absolute atomic E-state index is 13.0.